The van der Waals surface area contributed by atoms with Gasteiger partial charge >= 0.3 is 4.87 Å². The number of halogens is 1. The van der Waals surface area contributed by atoms with E-state index in [2.05, 4.69) is 5.32 Å². The molecule has 0 aliphatic carbocycles. The average Bonchev–Trinajstić information content (AvgIpc) is 3.01. The number of amides is 1. The molecular formula is C21H24ClN3O4S2. The van der Waals surface area contributed by atoms with E-state index in [0.29, 0.717) is 16.4 Å². The van der Waals surface area contributed by atoms with Crippen molar-refractivity contribution < 1.29 is 13.2 Å². The molecule has 1 N–H and O–H groups in total. The fraction of sp³-hybridized carbons (Fsp3) is 0.333. The Morgan fingerprint density at radius 2 is 1.84 bits per heavy atom. The van der Waals surface area contributed by atoms with Crippen molar-refractivity contribution in [2.45, 2.75) is 39.3 Å². The third-order valence-electron chi connectivity index (χ3n) is 4.81. The van der Waals surface area contributed by atoms with Crippen LogP contribution in [0.25, 0.3) is 10.2 Å². The Balaban J connectivity index is 1.94. The fourth-order valence-electron chi connectivity index (χ4n) is 3.48. The summed E-state index contributed by atoms with van der Waals surface area (Å²) in [5.41, 5.74) is 1.66. The average molecular weight is 482 g/mol. The lowest BCUT2D eigenvalue weighted by molar-refractivity contribution is -0.117. The Hall–Kier alpha value is -2.36. The minimum absolute atomic E-state index is 0.0221. The molecule has 0 aliphatic heterocycles. The summed E-state index contributed by atoms with van der Waals surface area (Å²) in [6.45, 7) is 5.62. The topological polar surface area (TPSA) is 88.5 Å². The van der Waals surface area contributed by atoms with Gasteiger partial charge < -0.3 is 5.32 Å². The van der Waals surface area contributed by atoms with Crippen LogP contribution >= 0.6 is 22.9 Å². The minimum Gasteiger partial charge on any atom is -0.324 e. The SMILES string of the molecule is CCC(C(=O)Nc1ccc2c(c1)sc(=O)n2C(C)C)N(c1ccc(Cl)cc1)S(C)(=O)=O. The van der Waals surface area contributed by atoms with E-state index in [1.165, 1.54) is 0 Å². The Labute approximate surface area is 190 Å². The predicted octanol–water partition coefficient (Wildman–Crippen LogP) is 4.48. The van der Waals surface area contributed by atoms with Crippen LogP contribution in [0.3, 0.4) is 0 Å². The number of carbonyl (C=O) groups excluding carboxylic acids is 1. The molecule has 2 aromatic carbocycles. The monoisotopic (exact) mass is 481 g/mol. The van der Waals surface area contributed by atoms with Crippen LogP contribution in [0.4, 0.5) is 11.4 Å². The summed E-state index contributed by atoms with van der Waals surface area (Å²) in [5, 5.41) is 3.27. The van der Waals surface area contributed by atoms with Crippen LogP contribution in [-0.2, 0) is 14.8 Å². The minimum atomic E-state index is -3.74. The number of sulfonamides is 1. The maximum atomic E-state index is 13.1. The van der Waals surface area contributed by atoms with Crippen LogP contribution in [-0.4, -0.2) is 31.2 Å². The van der Waals surface area contributed by atoms with Gasteiger partial charge in [0.2, 0.25) is 15.9 Å². The van der Waals surface area contributed by atoms with Gasteiger partial charge in [0.05, 0.1) is 22.2 Å². The standard InChI is InChI=1S/C21H24ClN3O4S2/c1-5-17(25(31(4,28)29)16-9-6-14(22)7-10-16)20(26)23-15-8-11-18-19(12-15)30-21(27)24(18)13(2)3/h6-13,17H,5H2,1-4H3,(H,23,26). The first-order chi connectivity index (χ1) is 14.5. The van der Waals surface area contributed by atoms with Gasteiger partial charge in [-0.15, -0.1) is 0 Å². The molecule has 0 saturated heterocycles. The highest BCUT2D eigenvalue weighted by atomic mass is 35.5. The van der Waals surface area contributed by atoms with Crippen LogP contribution < -0.4 is 14.5 Å². The van der Waals surface area contributed by atoms with Gasteiger partial charge in [0.25, 0.3) is 0 Å². The van der Waals surface area contributed by atoms with Gasteiger partial charge in [0, 0.05) is 16.8 Å². The van der Waals surface area contributed by atoms with Gasteiger partial charge in [-0.1, -0.05) is 29.9 Å². The molecule has 1 atom stereocenters. The Morgan fingerprint density at radius 3 is 2.39 bits per heavy atom. The number of thiazole rings is 1. The lowest BCUT2D eigenvalue weighted by Gasteiger charge is -2.30. The Bertz CT molecular complexity index is 1260. The van der Waals surface area contributed by atoms with E-state index < -0.39 is 22.0 Å². The first-order valence-corrected chi connectivity index (χ1v) is 12.8. The highest BCUT2D eigenvalue weighted by Gasteiger charge is 2.31. The van der Waals surface area contributed by atoms with Crippen molar-refractivity contribution in [2.24, 2.45) is 0 Å². The van der Waals surface area contributed by atoms with Crippen molar-refractivity contribution in [1.82, 2.24) is 4.57 Å². The molecule has 31 heavy (non-hydrogen) atoms. The smallest absolute Gasteiger partial charge is 0.308 e. The molecule has 3 aromatic rings. The summed E-state index contributed by atoms with van der Waals surface area (Å²) in [4.78, 5) is 25.3. The van der Waals surface area contributed by atoms with E-state index >= 15 is 0 Å². The zero-order valence-electron chi connectivity index (χ0n) is 17.6. The number of benzene rings is 2. The first kappa shape index (κ1) is 23.3. The molecular weight excluding hydrogens is 458 g/mol. The summed E-state index contributed by atoms with van der Waals surface area (Å²) in [6, 6.07) is 10.6. The number of rotatable bonds is 7. The van der Waals surface area contributed by atoms with Crippen molar-refractivity contribution >= 4 is 60.5 Å². The maximum absolute atomic E-state index is 13.1. The molecule has 0 bridgehead atoms. The molecule has 0 fully saturated rings. The quantitative estimate of drug-likeness (QED) is 0.538. The number of nitrogens with zero attached hydrogens (tertiary/aromatic N) is 2. The van der Waals surface area contributed by atoms with E-state index in [0.717, 1.165) is 32.1 Å². The Morgan fingerprint density at radius 1 is 1.19 bits per heavy atom. The number of hydrogen-bond acceptors (Lipinski definition) is 5. The molecule has 1 amide bonds. The van der Waals surface area contributed by atoms with Crippen LogP contribution in [0.2, 0.25) is 5.02 Å². The molecule has 0 radical (unpaired) electrons. The van der Waals surface area contributed by atoms with Gasteiger partial charge in [-0.2, -0.15) is 0 Å². The van der Waals surface area contributed by atoms with Gasteiger partial charge in [0.15, 0.2) is 0 Å². The van der Waals surface area contributed by atoms with Gasteiger partial charge in [-0.25, -0.2) is 8.42 Å². The number of anilines is 2. The van der Waals surface area contributed by atoms with E-state index in [1.807, 2.05) is 13.8 Å². The molecule has 166 valence electrons. The first-order valence-electron chi connectivity index (χ1n) is 9.73. The number of nitrogens with one attached hydrogen (secondary N) is 1. The number of hydrogen-bond donors (Lipinski definition) is 1. The van der Waals surface area contributed by atoms with E-state index in [9.17, 15) is 18.0 Å². The second kappa shape index (κ2) is 9.02. The fourth-order valence-corrected chi connectivity index (χ4v) is 5.87. The van der Waals surface area contributed by atoms with E-state index in [4.69, 9.17) is 11.6 Å². The predicted molar refractivity (Wildman–Crippen MR) is 128 cm³/mol. The number of carbonyl (C=O) groups is 1. The zero-order valence-corrected chi connectivity index (χ0v) is 20.0. The van der Waals surface area contributed by atoms with Gasteiger partial charge in [-0.3, -0.25) is 18.5 Å². The second-order valence-electron chi connectivity index (χ2n) is 7.46. The summed E-state index contributed by atoms with van der Waals surface area (Å²) >= 11 is 7.03. The van der Waals surface area contributed by atoms with Crippen molar-refractivity contribution in [3.05, 3.63) is 57.2 Å². The van der Waals surface area contributed by atoms with E-state index in [-0.39, 0.29) is 17.3 Å². The maximum Gasteiger partial charge on any atom is 0.308 e. The largest absolute Gasteiger partial charge is 0.324 e. The van der Waals surface area contributed by atoms with E-state index in [1.54, 1.807) is 54.0 Å². The molecule has 1 heterocycles. The van der Waals surface area contributed by atoms with Crippen molar-refractivity contribution in [3.63, 3.8) is 0 Å². The molecule has 0 spiro atoms. The van der Waals surface area contributed by atoms with Crippen LogP contribution in [0.5, 0.6) is 0 Å². The van der Waals surface area contributed by atoms with Crippen LogP contribution in [0, 0.1) is 0 Å². The van der Waals surface area contributed by atoms with Crippen molar-refractivity contribution in [3.8, 4) is 0 Å². The molecule has 10 heteroatoms. The Kier molecular flexibility index (Phi) is 6.78. The van der Waals surface area contributed by atoms with Gasteiger partial charge in [0.1, 0.15) is 6.04 Å². The molecule has 7 nitrogen and oxygen atoms in total. The molecule has 0 aliphatic rings. The van der Waals surface area contributed by atoms with Crippen LogP contribution in [0.1, 0.15) is 33.2 Å². The highest BCUT2D eigenvalue weighted by molar-refractivity contribution is 7.92. The van der Waals surface area contributed by atoms with Crippen molar-refractivity contribution in [2.75, 3.05) is 15.9 Å². The second-order valence-corrected chi connectivity index (χ2v) is 10.8. The summed E-state index contributed by atoms with van der Waals surface area (Å²) in [7, 11) is -3.74. The lowest BCUT2D eigenvalue weighted by atomic mass is 10.1. The molecule has 3 rings (SSSR count). The lowest BCUT2D eigenvalue weighted by Crippen LogP contribution is -2.46. The third-order valence-corrected chi connectivity index (χ3v) is 7.16. The zero-order chi connectivity index (χ0) is 22.9. The normalized spacial score (nSPS) is 12.8. The molecule has 1 aromatic heterocycles. The van der Waals surface area contributed by atoms with Crippen LogP contribution in [0.15, 0.2) is 47.3 Å². The number of aromatic nitrogens is 1. The van der Waals surface area contributed by atoms with Gasteiger partial charge in [-0.05, 0) is 62.7 Å². The molecule has 1 unspecified atom stereocenters. The number of fused-ring (bicyclic) bond motifs is 1. The summed E-state index contributed by atoms with van der Waals surface area (Å²) in [6.07, 6.45) is 1.33. The van der Waals surface area contributed by atoms with Crippen molar-refractivity contribution in [1.29, 1.82) is 0 Å². The highest BCUT2D eigenvalue weighted by Crippen LogP contribution is 2.27. The molecule has 0 saturated carbocycles. The summed E-state index contributed by atoms with van der Waals surface area (Å²) < 4.78 is 28.6. The summed E-state index contributed by atoms with van der Waals surface area (Å²) in [5.74, 6) is -0.460. The third kappa shape index (κ3) is 4.94.